The van der Waals surface area contributed by atoms with E-state index in [2.05, 4.69) is 43.3 Å². The molecule has 0 radical (unpaired) electrons. The second kappa shape index (κ2) is 11.0. The molecule has 0 bridgehead atoms. The van der Waals surface area contributed by atoms with Crippen molar-refractivity contribution >= 4 is 0 Å². The molecule has 0 heterocycles. The summed E-state index contributed by atoms with van der Waals surface area (Å²) >= 11 is 0. The third kappa shape index (κ3) is 8.08. The Hall–Kier alpha value is -1.08. The fourth-order valence-corrected chi connectivity index (χ4v) is 1.82. The van der Waals surface area contributed by atoms with Crippen molar-refractivity contribution in [3.05, 3.63) is 48.0 Å². The van der Waals surface area contributed by atoms with Crippen LogP contribution >= 0.6 is 0 Å². The summed E-state index contributed by atoms with van der Waals surface area (Å²) in [5.74, 6) is 0. The summed E-state index contributed by atoms with van der Waals surface area (Å²) in [6.07, 6.45) is 12.1. The summed E-state index contributed by atoms with van der Waals surface area (Å²) in [6.45, 7) is 3.84. The fraction of sp³-hybridized carbons (Fsp3) is 0.529. The highest BCUT2D eigenvalue weighted by Gasteiger charge is 1.91. The summed E-state index contributed by atoms with van der Waals surface area (Å²) in [4.78, 5) is 0. The monoisotopic (exact) mass is 246 g/mol. The molecular formula is C17H26O. The zero-order valence-electron chi connectivity index (χ0n) is 11.6. The number of allylic oxidation sites excluding steroid dienone is 2. The van der Waals surface area contributed by atoms with Crippen molar-refractivity contribution in [1.29, 1.82) is 0 Å². The predicted molar refractivity (Wildman–Crippen MR) is 78.6 cm³/mol. The predicted octanol–water partition coefficient (Wildman–Crippen LogP) is 5.12. The van der Waals surface area contributed by atoms with E-state index in [9.17, 15) is 0 Å². The van der Waals surface area contributed by atoms with Crippen molar-refractivity contribution in [2.75, 3.05) is 6.61 Å². The van der Waals surface area contributed by atoms with Gasteiger partial charge in [-0.05, 0) is 31.2 Å². The van der Waals surface area contributed by atoms with Crippen LogP contribution in [0, 0.1) is 0 Å². The van der Waals surface area contributed by atoms with Gasteiger partial charge in [0.1, 0.15) is 0 Å². The molecule has 0 aromatic heterocycles. The molecule has 0 fully saturated rings. The SMILES string of the molecule is CCCCCC=CCCCOCc1ccccc1. The van der Waals surface area contributed by atoms with Crippen LogP contribution in [0.4, 0.5) is 0 Å². The van der Waals surface area contributed by atoms with Gasteiger partial charge in [-0.25, -0.2) is 0 Å². The van der Waals surface area contributed by atoms with Crippen LogP contribution in [0.5, 0.6) is 0 Å². The molecule has 1 rings (SSSR count). The lowest BCUT2D eigenvalue weighted by Crippen LogP contribution is -1.94. The van der Waals surface area contributed by atoms with E-state index >= 15 is 0 Å². The molecule has 0 aliphatic rings. The largest absolute Gasteiger partial charge is 0.377 e. The molecule has 0 saturated heterocycles. The summed E-state index contributed by atoms with van der Waals surface area (Å²) in [5.41, 5.74) is 1.26. The van der Waals surface area contributed by atoms with Gasteiger partial charge in [0.25, 0.3) is 0 Å². The zero-order valence-corrected chi connectivity index (χ0v) is 11.6. The number of rotatable bonds is 10. The maximum Gasteiger partial charge on any atom is 0.0716 e. The molecule has 1 heteroatoms. The smallest absolute Gasteiger partial charge is 0.0716 e. The molecule has 18 heavy (non-hydrogen) atoms. The molecule has 0 N–H and O–H groups in total. The van der Waals surface area contributed by atoms with Gasteiger partial charge in [-0.3, -0.25) is 0 Å². The van der Waals surface area contributed by atoms with Crippen LogP contribution in [0.1, 0.15) is 51.0 Å². The first kappa shape index (κ1) is 15.0. The van der Waals surface area contributed by atoms with Crippen molar-refractivity contribution in [3.63, 3.8) is 0 Å². The summed E-state index contributed by atoms with van der Waals surface area (Å²) in [6, 6.07) is 10.4. The van der Waals surface area contributed by atoms with Gasteiger partial charge >= 0.3 is 0 Å². The molecule has 1 aromatic rings. The van der Waals surface area contributed by atoms with Gasteiger partial charge in [-0.15, -0.1) is 0 Å². The van der Waals surface area contributed by atoms with Crippen LogP contribution in [0.2, 0.25) is 0 Å². The van der Waals surface area contributed by atoms with Crippen molar-refractivity contribution in [3.8, 4) is 0 Å². The second-order valence-electron chi connectivity index (χ2n) is 4.65. The Labute approximate surface area is 112 Å². The van der Waals surface area contributed by atoms with E-state index in [-0.39, 0.29) is 0 Å². The molecule has 0 aliphatic carbocycles. The van der Waals surface area contributed by atoms with Crippen molar-refractivity contribution in [2.45, 2.75) is 52.1 Å². The highest BCUT2D eigenvalue weighted by molar-refractivity contribution is 5.13. The highest BCUT2D eigenvalue weighted by atomic mass is 16.5. The van der Waals surface area contributed by atoms with Gasteiger partial charge in [0.05, 0.1) is 6.61 Å². The van der Waals surface area contributed by atoms with E-state index in [4.69, 9.17) is 4.74 Å². The standard InChI is InChI=1S/C17H26O/c1-2-3-4-5-6-7-8-12-15-18-16-17-13-10-9-11-14-17/h6-7,9-11,13-14H,2-5,8,12,15-16H2,1H3. The topological polar surface area (TPSA) is 9.23 Å². The fourth-order valence-electron chi connectivity index (χ4n) is 1.82. The quantitative estimate of drug-likeness (QED) is 0.411. The van der Waals surface area contributed by atoms with E-state index in [0.717, 1.165) is 26.1 Å². The minimum absolute atomic E-state index is 0.737. The third-order valence-electron chi connectivity index (χ3n) is 2.91. The Morgan fingerprint density at radius 1 is 0.944 bits per heavy atom. The number of hydrogen-bond donors (Lipinski definition) is 0. The first-order valence-electron chi connectivity index (χ1n) is 7.20. The normalized spacial score (nSPS) is 11.2. The highest BCUT2D eigenvalue weighted by Crippen LogP contribution is 2.03. The van der Waals surface area contributed by atoms with Crippen molar-refractivity contribution in [1.82, 2.24) is 0 Å². The average Bonchev–Trinajstić information content (AvgIpc) is 2.42. The number of unbranched alkanes of at least 4 members (excludes halogenated alkanes) is 4. The van der Waals surface area contributed by atoms with Gasteiger partial charge < -0.3 is 4.74 Å². The van der Waals surface area contributed by atoms with Crippen LogP contribution in [0.3, 0.4) is 0 Å². The van der Waals surface area contributed by atoms with Crippen LogP contribution in [-0.4, -0.2) is 6.61 Å². The van der Waals surface area contributed by atoms with Crippen LogP contribution in [-0.2, 0) is 11.3 Å². The van der Waals surface area contributed by atoms with Crippen LogP contribution in [0.25, 0.3) is 0 Å². The third-order valence-corrected chi connectivity index (χ3v) is 2.91. The lowest BCUT2D eigenvalue weighted by atomic mass is 10.2. The van der Waals surface area contributed by atoms with E-state index in [1.54, 1.807) is 0 Å². The molecular weight excluding hydrogens is 220 g/mol. The Morgan fingerprint density at radius 3 is 2.39 bits per heavy atom. The lowest BCUT2D eigenvalue weighted by Gasteiger charge is -2.02. The summed E-state index contributed by atoms with van der Waals surface area (Å²) in [7, 11) is 0. The minimum Gasteiger partial charge on any atom is -0.377 e. The lowest BCUT2D eigenvalue weighted by molar-refractivity contribution is 0.119. The van der Waals surface area contributed by atoms with Crippen LogP contribution in [0.15, 0.2) is 42.5 Å². The van der Waals surface area contributed by atoms with E-state index in [1.165, 1.54) is 31.2 Å². The molecule has 1 aromatic carbocycles. The molecule has 0 aliphatic heterocycles. The number of hydrogen-bond acceptors (Lipinski definition) is 1. The zero-order chi connectivity index (χ0) is 12.9. The molecule has 0 amide bonds. The Bertz CT molecular complexity index is 303. The number of ether oxygens (including phenoxy) is 1. The molecule has 0 spiro atoms. The second-order valence-corrected chi connectivity index (χ2v) is 4.65. The van der Waals surface area contributed by atoms with E-state index in [0.29, 0.717) is 0 Å². The van der Waals surface area contributed by atoms with Gasteiger partial charge in [0.2, 0.25) is 0 Å². The van der Waals surface area contributed by atoms with E-state index < -0.39 is 0 Å². The van der Waals surface area contributed by atoms with Crippen molar-refractivity contribution in [2.24, 2.45) is 0 Å². The Kier molecular flexibility index (Phi) is 9.18. The van der Waals surface area contributed by atoms with Gasteiger partial charge in [-0.2, -0.15) is 0 Å². The van der Waals surface area contributed by atoms with E-state index in [1.807, 2.05) is 6.07 Å². The van der Waals surface area contributed by atoms with Gasteiger partial charge in [-0.1, -0.05) is 62.2 Å². The van der Waals surface area contributed by atoms with Crippen molar-refractivity contribution < 1.29 is 4.74 Å². The first-order chi connectivity index (χ1) is 8.93. The minimum atomic E-state index is 0.737. The molecule has 1 nitrogen and oxygen atoms in total. The summed E-state index contributed by atoms with van der Waals surface area (Å²) in [5, 5.41) is 0. The number of benzene rings is 1. The Morgan fingerprint density at radius 2 is 1.67 bits per heavy atom. The maximum atomic E-state index is 5.63. The van der Waals surface area contributed by atoms with Crippen LogP contribution < -0.4 is 0 Å². The summed E-state index contributed by atoms with van der Waals surface area (Å²) < 4.78 is 5.63. The average molecular weight is 246 g/mol. The maximum absolute atomic E-state index is 5.63. The molecule has 0 saturated carbocycles. The molecule has 100 valence electrons. The van der Waals surface area contributed by atoms with Gasteiger partial charge in [0.15, 0.2) is 0 Å². The molecule has 0 atom stereocenters. The van der Waals surface area contributed by atoms with Gasteiger partial charge in [0, 0.05) is 6.61 Å². The Balaban J connectivity index is 1.90. The first-order valence-corrected chi connectivity index (χ1v) is 7.20. The molecule has 0 unspecified atom stereocenters.